The highest BCUT2D eigenvalue weighted by molar-refractivity contribution is 5.90. The summed E-state index contributed by atoms with van der Waals surface area (Å²) in [6.45, 7) is 5.33. The molecule has 7 heteroatoms. The van der Waals surface area contributed by atoms with Gasteiger partial charge < -0.3 is 5.11 Å². The van der Waals surface area contributed by atoms with Gasteiger partial charge in [-0.15, -0.1) is 0 Å². The van der Waals surface area contributed by atoms with E-state index in [0.717, 1.165) is 17.7 Å². The van der Waals surface area contributed by atoms with E-state index in [2.05, 4.69) is 5.10 Å². The Hall–Kier alpha value is -2.31. The topological polar surface area (TPSA) is 55.1 Å². The van der Waals surface area contributed by atoms with E-state index in [9.17, 15) is 18.0 Å². The molecule has 0 aliphatic rings. The average molecular weight is 298 g/mol. The van der Waals surface area contributed by atoms with Crippen LogP contribution in [0.3, 0.4) is 0 Å². The molecule has 112 valence electrons. The lowest BCUT2D eigenvalue weighted by atomic mass is 10.1. The summed E-state index contributed by atoms with van der Waals surface area (Å²) in [5.41, 5.74) is 0.529. The molecule has 0 radical (unpaired) electrons. The number of carbonyl (C=O) groups is 1. The Morgan fingerprint density at radius 3 is 2.29 bits per heavy atom. The van der Waals surface area contributed by atoms with Crippen LogP contribution in [0.1, 0.15) is 32.9 Å². The molecule has 4 nitrogen and oxygen atoms in total. The summed E-state index contributed by atoms with van der Waals surface area (Å²) < 4.78 is 40.4. The summed E-state index contributed by atoms with van der Waals surface area (Å²) in [6, 6.07) is 3.08. The number of aryl methyl sites for hydroxylation is 1. The highest BCUT2D eigenvalue weighted by atomic mass is 19.4. The number of rotatable bonds is 2. The molecular formula is C14H13F3N2O2. The van der Waals surface area contributed by atoms with Crippen molar-refractivity contribution in [2.24, 2.45) is 0 Å². The number of carboxylic acid groups (broad SMARTS) is 1. The molecule has 0 fully saturated rings. The number of alkyl halides is 3. The summed E-state index contributed by atoms with van der Waals surface area (Å²) in [5.74, 6) is -1.61. The lowest BCUT2D eigenvalue weighted by molar-refractivity contribution is -0.138. The smallest absolute Gasteiger partial charge is 0.417 e. The second kappa shape index (κ2) is 4.91. The maximum Gasteiger partial charge on any atom is 0.417 e. The molecular weight excluding hydrogens is 285 g/mol. The van der Waals surface area contributed by atoms with Crippen LogP contribution in [0.15, 0.2) is 18.2 Å². The molecule has 0 unspecified atom stereocenters. The number of aromatic carboxylic acids is 1. The van der Waals surface area contributed by atoms with Gasteiger partial charge >= 0.3 is 12.1 Å². The zero-order valence-corrected chi connectivity index (χ0v) is 11.6. The van der Waals surface area contributed by atoms with E-state index in [4.69, 9.17) is 5.11 Å². The van der Waals surface area contributed by atoms with Gasteiger partial charge in [0.05, 0.1) is 22.5 Å². The Bertz CT molecular complexity index is 718. The van der Waals surface area contributed by atoms with Crippen molar-refractivity contribution in [3.05, 3.63) is 46.3 Å². The maximum absolute atomic E-state index is 13.0. The van der Waals surface area contributed by atoms with Gasteiger partial charge in [0.1, 0.15) is 0 Å². The second-order valence-corrected chi connectivity index (χ2v) is 4.74. The third kappa shape index (κ3) is 2.63. The Labute approximate surface area is 118 Å². The molecule has 2 rings (SSSR count). The third-order valence-electron chi connectivity index (χ3n) is 3.44. The van der Waals surface area contributed by atoms with Gasteiger partial charge in [-0.25, -0.2) is 9.48 Å². The van der Waals surface area contributed by atoms with E-state index in [1.165, 1.54) is 10.7 Å². The van der Waals surface area contributed by atoms with E-state index in [1.54, 1.807) is 13.8 Å². The molecule has 1 N–H and O–H groups in total. The predicted octanol–water partition coefficient (Wildman–Crippen LogP) is 3.51. The number of halogens is 3. The fourth-order valence-corrected chi connectivity index (χ4v) is 2.06. The van der Waals surface area contributed by atoms with E-state index in [0.29, 0.717) is 11.4 Å². The van der Waals surface area contributed by atoms with Crippen molar-refractivity contribution in [2.45, 2.75) is 26.9 Å². The standard InChI is InChI=1S/C14H13F3N2O2/c1-7-8(2)18-19(9(7)3)10-4-5-11(13(20)21)12(6-10)14(15,16)17/h4-6H,1-3H3,(H,20,21). The molecule has 0 bridgehead atoms. The van der Waals surface area contributed by atoms with E-state index in [1.807, 2.05) is 6.92 Å². The highest BCUT2D eigenvalue weighted by Crippen LogP contribution is 2.33. The molecule has 1 aromatic carbocycles. The number of hydrogen-bond donors (Lipinski definition) is 1. The molecule has 2 aromatic rings. The summed E-state index contributed by atoms with van der Waals surface area (Å²) in [5, 5.41) is 13.1. The van der Waals surface area contributed by atoms with E-state index in [-0.39, 0.29) is 5.69 Å². The number of nitrogens with zero attached hydrogens (tertiary/aromatic N) is 2. The Morgan fingerprint density at radius 1 is 1.24 bits per heavy atom. The molecule has 1 heterocycles. The molecule has 0 aliphatic carbocycles. The minimum Gasteiger partial charge on any atom is -0.478 e. The fraction of sp³-hybridized carbons (Fsp3) is 0.286. The first kappa shape index (κ1) is 15.1. The number of hydrogen-bond acceptors (Lipinski definition) is 2. The minimum atomic E-state index is -4.74. The van der Waals surface area contributed by atoms with Crippen molar-refractivity contribution in [3.63, 3.8) is 0 Å². The van der Waals surface area contributed by atoms with Gasteiger partial charge in [0.15, 0.2) is 0 Å². The lowest BCUT2D eigenvalue weighted by Gasteiger charge is -2.13. The second-order valence-electron chi connectivity index (χ2n) is 4.74. The first-order valence-corrected chi connectivity index (χ1v) is 6.10. The van der Waals surface area contributed by atoms with Crippen LogP contribution in [-0.2, 0) is 6.18 Å². The van der Waals surface area contributed by atoms with Gasteiger partial charge in [-0.2, -0.15) is 18.3 Å². The Balaban J connectivity index is 2.67. The van der Waals surface area contributed by atoms with Crippen LogP contribution in [0.5, 0.6) is 0 Å². The predicted molar refractivity (Wildman–Crippen MR) is 69.7 cm³/mol. The molecule has 0 amide bonds. The number of carboxylic acids is 1. The zero-order valence-electron chi connectivity index (χ0n) is 11.6. The zero-order chi connectivity index (χ0) is 15.9. The van der Waals surface area contributed by atoms with Crippen molar-refractivity contribution < 1.29 is 23.1 Å². The summed E-state index contributed by atoms with van der Waals surface area (Å²) in [7, 11) is 0. The van der Waals surface area contributed by atoms with Crippen molar-refractivity contribution in [3.8, 4) is 5.69 Å². The van der Waals surface area contributed by atoms with E-state index < -0.39 is 23.3 Å². The van der Waals surface area contributed by atoms with Crippen molar-refractivity contribution in [2.75, 3.05) is 0 Å². The van der Waals surface area contributed by atoms with E-state index >= 15 is 0 Å². The van der Waals surface area contributed by atoms with Gasteiger partial charge in [-0.05, 0) is 44.5 Å². The van der Waals surface area contributed by atoms with Gasteiger partial charge in [0, 0.05) is 5.69 Å². The number of aromatic nitrogens is 2. The first-order valence-electron chi connectivity index (χ1n) is 6.10. The van der Waals surface area contributed by atoms with Crippen molar-refractivity contribution >= 4 is 5.97 Å². The maximum atomic E-state index is 13.0. The Kier molecular flexibility index (Phi) is 3.52. The summed E-state index contributed by atoms with van der Waals surface area (Å²) in [4.78, 5) is 10.9. The largest absolute Gasteiger partial charge is 0.478 e. The van der Waals surface area contributed by atoms with Crippen LogP contribution in [-0.4, -0.2) is 20.9 Å². The molecule has 0 saturated heterocycles. The summed E-state index contributed by atoms with van der Waals surface area (Å²) in [6.07, 6.45) is -4.74. The molecule has 21 heavy (non-hydrogen) atoms. The van der Waals surface area contributed by atoms with Gasteiger partial charge in [0.2, 0.25) is 0 Å². The summed E-state index contributed by atoms with van der Waals surface area (Å²) >= 11 is 0. The fourth-order valence-electron chi connectivity index (χ4n) is 2.06. The molecule has 0 aliphatic heterocycles. The molecule has 0 atom stereocenters. The molecule has 0 spiro atoms. The highest BCUT2D eigenvalue weighted by Gasteiger charge is 2.35. The van der Waals surface area contributed by atoms with Crippen molar-refractivity contribution in [1.29, 1.82) is 0 Å². The van der Waals surface area contributed by atoms with Crippen LogP contribution in [0.4, 0.5) is 13.2 Å². The van der Waals surface area contributed by atoms with Gasteiger partial charge in [0.25, 0.3) is 0 Å². The normalized spacial score (nSPS) is 11.7. The average Bonchev–Trinajstić information content (AvgIpc) is 2.65. The van der Waals surface area contributed by atoms with Crippen LogP contribution in [0.25, 0.3) is 5.69 Å². The minimum absolute atomic E-state index is 0.182. The lowest BCUT2D eigenvalue weighted by Crippen LogP contribution is -2.14. The first-order chi connectivity index (χ1) is 9.62. The van der Waals surface area contributed by atoms with Crippen LogP contribution in [0.2, 0.25) is 0 Å². The third-order valence-corrected chi connectivity index (χ3v) is 3.44. The van der Waals surface area contributed by atoms with Crippen LogP contribution >= 0.6 is 0 Å². The van der Waals surface area contributed by atoms with Crippen LogP contribution < -0.4 is 0 Å². The van der Waals surface area contributed by atoms with Gasteiger partial charge in [-0.3, -0.25) is 0 Å². The Morgan fingerprint density at radius 2 is 1.86 bits per heavy atom. The number of benzene rings is 1. The SMILES string of the molecule is Cc1nn(-c2ccc(C(=O)O)c(C(F)(F)F)c2)c(C)c1C. The quantitative estimate of drug-likeness (QED) is 0.923. The monoisotopic (exact) mass is 298 g/mol. The van der Waals surface area contributed by atoms with Crippen molar-refractivity contribution in [1.82, 2.24) is 9.78 Å². The van der Waals surface area contributed by atoms with Gasteiger partial charge in [-0.1, -0.05) is 0 Å². The molecule has 0 saturated carbocycles. The molecule has 1 aromatic heterocycles. The van der Waals surface area contributed by atoms with Crippen LogP contribution in [0, 0.1) is 20.8 Å².